The minimum Gasteiger partial charge on any atom is -0.387 e. The quantitative estimate of drug-likeness (QED) is 0.602. The minimum absolute atomic E-state index is 0.721. The molecule has 0 bridgehead atoms. The molecule has 0 amide bonds. The molecule has 2 nitrogen and oxygen atoms in total. The Morgan fingerprint density at radius 2 is 2.00 bits per heavy atom. The van der Waals surface area contributed by atoms with Gasteiger partial charge in [-0.25, -0.2) is 0 Å². The Kier molecular flexibility index (Phi) is 4.47. The van der Waals surface area contributed by atoms with Crippen molar-refractivity contribution in [2.24, 2.45) is 10.7 Å². The van der Waals surface area contributed by atoms with Gasteiger partial charge in [0.05, 0.1) is 5.84 Å². The molecule has 3 heteroatoms. The molecule has 1 rings (SSSR count). The molecule has 1 aromatic rings. The Morgan fingerprint density at radius 3 is 2.57 bits per heavy atom. The van der Waals surface area contributed by atoms with E-state index in [2.05, 4.69) is 4.99 Å². The van der Waals surface area contributed by atoms with Crippen LogP contribution in [0.4, 0.5) is 0 Å². The standard InChI is InChI=1S/C11H15ClN2/c1-2-11(13)14-8-7-9-3-5-10(12)6-4-9/h3-6H,2,7-8H2,1H3,(H2,13,14). The lowest BCUT2D eigenvalue weighted by molar-refractivity contribution is 0.956. The molecule has 0 aliphatic rings. The molecule has 0 saturated heterocycles. The molecule has 0 aromatic heterocycles. The fourth-order valence-corrected chi connectivity index (χ4v) is 1.22. The largest absolute Gasteiger partial charge is 0.387 e. The van der Waals surface area contributed by atoms with Crippen molar-refractivity contribution in [1.29, 1.82) is 0 Å². The summed E-state index contributed by atoms with van der Waals surface area (Å²) < 4.78 is 0. The summed E-state index contributed by atoms with van der Waals surface area (Å²) in [4.78, 5) is 4.22. The van der Waals surface area contributed by atoms with Crippen LogP contribution in [-0.4, -0.2) is 12.4 Å². The highest BCUT2D eigenvalue weighted by Gasteiger charge is 1.92. The second-order valence-electron chi connectivity index (χ2n) is 3.10. The van der Waals surface area contributed by atoms with Crippen LogP contribution < -0.4 is 5.73 Å². The molecule has 0 fully saturated rings. The Labute approximate surface area is 89.8 Å². The molecule has 1 aromatic carbocycles. The van der Waals surface area contributed by atoms with Gasteiger partial charge in [0.15, 0.2) is 0 Å². The second kappa shape index (κ2) is 5.66. The first kappa shape index (κ1) is 11.1. The summed E-state index contributed by atoms with van der Waals surface area (Å²) in [7, 11) is 0. The van der Waals surface area contributed by atoms with Gasteiger partial charge in [-0.15, -0.1) is 0 Å². The zero-order valence-corrected chi connectivity index (χ0v) is 9.09. The molecule has 2 N–H and O–H groups in total. The van der Waals surface area contributed by atoms with Gasteiger partial charge < -0.3 is 5.73 Å². The monoisotopic (exact) mass is 210 g/mol. The third-order valence-electron chi connectivity index (χ3n) is 1.99. The molecular formula is C11H15ClN2. The van der Waals surface area contributed by atoms with E-state index in [0.29, 0.717) is 0 Å². The van der Waals surface area contributed by atoms with Crippen molar-refractivity contribution in [2.75, 3.05) is 6.54 Å². The van der Waals surface area contributed by atoms with E-state index in [0.717, 1.165) is 30.2 Å². The molecule has 0 aliphatic carbocycles. The second-order valence-corrected chi connectivity index (χ2v) is 3.54. The lowest BCUT2D eigenvalue weighted by Crippen LogP contribution is -2.10. The van der Waals surface area contributed by atoms with Crippen molar-refractivity contribution in [3.8, 4) is 0 Å². The third-order valence-corrected chi connectivity index (χ3v) is 2.24. The highest BCUT2D eigenvalue weighted by atomic mass is 35.5. The molecule has 0 heterocycles. The van der Waals surface area contributed by atoms with Crippen LogP contribution >= 0.6 is 11.6 Å². The average molecular weight is 211 g/mol. The Morgan fingerprint density at radius 1 is 1.36 bits per heavy atom. The lowest BCUT2D eigenvalue weighted by Gasteiger charge is -1.99. The summed E-state index contributed by atoms with van der Waals surface area (Å²) >= 11 is 5.77. The van der Waals surface area contributed by atoms with Gasteiger partial charge in [-0.3, -0.25) is 4.99 Å². The van der Waals surface area contributed by atoms with Gasteiger partial charge in [0.2, 0.25) is 0 Å². The van der Waals surface area contributed by atoms with Crippen molar-refractivity contribution in [3.63, 3.8) is 0 Å². The number of hydrogen-bond donors (Lipinski definition) is 1. The van der Waals surface area contributed by atoms with Crippen LogP contribution in [0.1, 0.15) is 18.9 Å². The van der Waals surface area contributed by atoms with Crippen LogP contribution in [0.2, 0.25) is 5.02 Å². The van der Waals surface area contributed by atoms with Crippen LogP contribution in [0.25, 0.3) is 0 Å². The maximum absolute atomic E-state index is 5.77. The van der Waals surface area contributed by atoms with Crippen LogP contribution in [0, 0.1) is 0 Å². The van der Waals surface area contributed by atoms with Crippen molar-refractivity contribution >= 4 is 17.4 Å². The predicted octanol–water partition coefficient (Wildman–Crippen LogP) is 2.65. The van der Waals surface area contributed by atoms with E-state index in [-0.39, 0.29) is 0 Å². The Hall–Kier alpha value is -1.02. The summed E-state index contributed by atoms with van der Waals surface area (Å²) in [6.07, 6.45) is 1.73. The number of amidine groups is 1. The summed E-state index contributed by atoms with van der Waals surface area (Å²) in [6, 6.07) is 7.81. The summed E-state index contributed by atoms with van der Waals surface area (Å²) in [5.41, 5.74) is 6.83. The van der Waals surface area contributed by atoms with E-state index >= 15 is 0 Å². The van der Waals surface area contributed by atoms with Gasteiger partial charge in [-0.2, -0.15) is 0 Å². The van der Waals surface area contributed by atoms with E-state index in [1.54, 1.807) is 0 Å². The number of nitrogens with two attached hydrogens (primary N) is 1. The Bertz CT molecular complexity index is 304. The summed E-state index contributed by atoms with van der Waals surface area (Å²) in [6.45, 7) is 2.75. The summed E-state index contributed by atoms with van der Waals surface area (Å²) in [5.74, 6) is 0.721. The maximum atomic E-state index is 5.77. The van der Waals surface area contributed by atoms with E-state index in [4.69, 9.17) is 17.3 Å². The zero-order chi connectivity index (χ0) is 10.4. The molecule has 0 aliphatic heterocycles. The molecular weight excluding hydrogens is 196 g/mol. The van der Waals surface area contributed by atoms with E-state index in [1.165, 1.54) is 5.56 Å². The highest BCUT2D eigenvalue weighted by Crippen LogP contribution is 2.09. The molecule has 0 unspecified atom stereocenters. The van der Waals surface area contributed by atoms with Crippen LogP contribution in [0.3, 0.4) is 0 Å². The van der Waals surface area contributed by atoms with Gasteiger partial charge in [0.25, 0.3) is 0 Å². The van der Waals surface area contributed by atoms with Crippen LogP contribution in [-0.2, 0) is 6.42 Å². The van der Waals surface area contributed by atoms with Gasteiger partial charge in [-0.05, 0) is 24.1 Å². The Balaban J connectivity index is 2.42. The molecule has 76 valence electrons. The van der Waals surface area contributed by atoms with Gasteiger partial charge >= 0.3 is 0 Å². The SMILES string of the molecule is CCC(N)=NCCc1ccc(Cl)cc1. The first-order valence-electron chi connectivity index (χ1n) is 4.75. The number of hydrogen-bond acceptors (Lipinski definition) is 1. The van der Waals surface area contributed by atoms with Crippen molar-refractivity contribution in [3.05, 3.63) is 34.9 Å². The maximum Gasteiger partial charge on any atom is 0.0934 e. The lowest BCUT2D eigenvalue weighted by atomic mass is 10.1. The van der Waals surface area contributed by atoms with Crippen molar-refractivity contribution in [1.82, 2.24) is 0 Å². The first-order chi connectivity index (χ1) is 6.72. The average Bonchev–Trinajstić information content (AvgIpc) is 2.21. The normalized spacial score (nSPS) is 11.7. The summed E-state index contributed by atoms with van der Waals surface area (Å²) in [5, 5.41) is 0.769. The number of rotatable bonds is 4. The predicted molar refractivity (Wildman–Crippen MR) is 61.9 cm³/mol. The van der Waals surface area contributed by atoms with Gasteiger partial charge in [0, 0.05) is 18.0 Å². The molecule has 0 radical (unpaired) electrons. The van der Waals surface area contributed by atoms with E-state index in [1.807, 2.05) is 31.2 Å². The van der Waals surface area contributed by atoms with Crippen LogP contribution in [0.15, 0.2) is 29.3 Å². The smallest absolute Gasteiger partial charge is 0.0934 e. The number of benzene rings is 1. The van der Waals surface area contributed by atoms with E-state index in [9.17, 15) is 0 Å². The van der Waals surface area contributed by atoms with Crippen molar-refractivity contribution < 1.29 is 0 Å². The number of aliphatic imine (C=N–C) groups is 1. The number of nitrogens with zero attached hydrogens (tertiary/aromatic N) is 1. The molecule has 0 saturated carbocycles. The van der Waals surface area contributed by atoms with Gasteiger partial charge in [-0.1, -0.05) is 30.7 Å². The zero-order valence-electron chi connectivity index (χ0n) is 8.33. The topological polar surface area (TPSA) is 38.4 Å². The highest BCUT2D eigenvalue weighted by molar-refractivity contribution is 6.30. The molecule has 0 atom stereocenters. The molecule has 14 heavy (non-hydrogen) atoms. The minimum atomic E-state index is 0.721. The number of halogens is 1. The fraction of sp³-hybridized carbons (Fsp3) is 0.364. The van der Waals surface area contributed by atoms with E-state index < -0.39 is 0 Å². The third kappa shape index (κ3) is 3.79. The van der Waals surface area contributed by atoms with Gasteiger partial charge in [0.1, 0.15) is 0 Å². The van der Waals surface area contributed by atoms with Crippen molar-refractivity contribution in [2.45, 2.75) is 19.8 Å². The van der Waals surface area contributed by atoms with Crippen LogP contribution in [0.5, 0.6) is 0 Å². The fourth-order valence-electron chi connectivity index (χ4n) is 1.09. The first-order valence-corrected chi connectivity index (χ1v) is 5.13. The molecule has 0 spiro atoms.